The van der Waals surface area contributed by atoms with Crippen molar-refractivity contribution in [3.8, 4) is 17.1 Å². The number of nitrogens with zero attached hydrogens (tertiary/aromatic N) is 5. The highest BCUT2D eigenvalue weighted by atomic mass is 32.2. The van der Waals surface area contributed by atoms with Crippen LogP contribution in [0.15, 0.2) is 71.6 Å². The number of anilines is 1. The zero-order valence-corrected chi connectivity index (χ0v) is 15.7. The Bertz CT molecular complexity index is 1020. The summed E-state index contributed by atoms with van der Waals surface area (Å²) in [5.41, 5.74) is 1.78. The van der Waals surface area contributed by atoms with Gasteiger partial charge in [-0.3, -0.25) is 14.3 Å². The predicted octanol–water partition coefficient (Wildman–Crippen LogP) is 3.52. The minimum atomic E-state index is -0.138. The van der Waals surface area contributed by atoms with Gasteiger partial charge in [0, 0.05) is 35.2 Å². The number of aromatic nitrogens is 5. The largest absolute Gasteiger partial charge is 0.301 e. The van der Waals surface area contributed by atoms with E-state index in [1.54, 1.807) is 18.6 Å². The molecule has 0 radical (unpaired) electrons. The zero-order valence-electron chi connectivity index (χ0n) is 14.0. The first-order valence-corrected chi connectivity index (χ1v) is 9.91. The van der Waals surface area contributed by atoms with E-state index in [1.165, 1.54) is 23.1 Å². The molecule has 0 aliphatic rings. The van der Waals surface area contributed by atoms with Gasteiger partial charge < -0.3 is 5.32 Å². The van der Waals surface area contributed by atoms with Crippen LogP contribution in [0.25, 0.3) is 17.1 Å². The molecule has 0 saturated heterocycles. The topological polar surface area (TPSA) is 85.6 Å². The predicted molar refractivity (Wildman–Crippen MR) is 106 cm³/mol. The van der Waals surface area contributed by atoms with Crippen LogP contribution in [0.5, 0.6) is 0 Å². The van der Waals surface area contributed by atoms with Gasteiger partial charge in [-0.1, -0.05) is 30.0 Å². The molecule has 0 saturated carbocycles. The molecule has 3 aromatic heterocycles. The lowest BCUT2D eigenvalue weighted by molar-refractivity contribution is -0.113. The zero-order chi connectivity index (χ0) is 18.5. The fourth-order valence-electron chi connectivity index (χ4n) is 2.43. The van der Waals surface area contributed by atoms with Gasteiger partial charge >= 0.3 is 0 Å². The lowest BCUT2D eigenvalue weighted by Crippen LogP contribution is -2.14. The van der Waals surface area contributed by atoms with Crippen molar-refractivity contribution in [1.29, 1.82) is 0 Å². The van der Waals surface area contributed by atoms with Gasteiger partial charge in [-0.15, -0.1) is 21.5 Å². The molecule has 0 aliphatic heterocycles. The molecule has 1 amide bonds. The summed E-state index contributed by atoms with van der Waals surface area (Å²) in [5, 5.41) is 14.4. The van der Waals surface area contributed by atoms with Crippen LogP contribution in [0.4, 0.5) is 5.13 Å². The third kappa shape index (κ3) is 4.04. The average Bonchev–Trinajstić information content (AvgIpc) is 3.37. The molecule has 0 bridgehead atoms. The SMILES string of the molecule is O=C(CSc1nnc(-c2cccnc2)n1-c1ccccc1)Nc1nccs1. The van der Waals surface area contributed by atoms with E-state index in [0.717, 1.165) is 11.3 Å². The quantitative estimate of drug-likeness (QED) is 0.504. The number of hydrogen-bond donors (Lipinski definition) is 1. The second kappa shape index (κ2) is 8.11. The van der Waals surface area contributed by atoms with Gasteiger partial charge in [0.15, 0.2) is 16.1 Å². The number of amides is 1. The maximum Gasteiger partial charge on any atom is 0.236 e. The summed E-state index contributed by atoms with van der Waals surface area (Å²) >= 11 is 2.70. The van der Waals surface area contributed by atoms with Gasteiger partial charge in [-0.2, -0.15) is 0 Å². The number of rotatable bonds is 6. The fraction of sp³-hybridized carbons (Fsp3) is 0.0556. The van der Waals surface area contributed by atoms with Gasteiger partial charge in [-0.25, -0.2) is 4.98 Å². The van der Waals surface area contributed by atoms with Crippen molar-refractivity contribution in [3.63, 3.8) is 0 Å². The number of pyridine rings is 1. The smallest absolute Gasteiger partial charge is 0.236 e. The Morgan fingerprint density at radius 3 is 2.74 bits per heavy atom. The van der Waals surface area contributed by atoms with E-state index in [1.807, 2.05) is 52.4 Å². The number of carbonyl (C=O) groups excluding carboxylic acids is 1. The summed E-state index contributed by atoms with van der Waals surface area (Å²) in [6.45, 7) is 0. The number of benzene rings is 1. The summed E-state index contributed by atoms with van der Waals surface area (Å²) in [6, 6.07) is 13.6. The van der Waals surface area contributed by atoms with E-state index >= 15 is 0 Å². The average molecular weight is 394 g/mol. The van der Waals surface area contributed by atoms with Crippen molar-refractivity contribution < 1.29 is 4.79 Å². The summed E-state index contributed by atoms with van der Waals surface area (Å²) in [7, 11) is 0. The molecular formula is C18H14N6OS2. The molecule has 0 atom stereocenters. The molecule has 1 N–H and O–H groups in total. The minimum absolute atomic E-state index is 0.138. The molecular weight excluding hydrogens is 380 g/mol. The molecule has 4 rings (SSSR count). The van der Waals surface area contributed by atoms with Crippen molar-refractivity contribution in [2.75, 3.05) is 11.1 Å². The van der Waals surface area contributed by atoms with Crippen molar-refractivity contribution in [3.05, 3.63) is 66.4 Å². The van der Waals surface area contributed by atoms with Gasteiger partial charge in [-0.05, 0) is 24.3 Å². The summed E-state index contributed by atoms with van der Waals surface area (Å²) < 4.78 is 1.93. The van der Waals surface area contributed by atoms with E-state index in [-0.39, 0.29) is 11.7 Å². The molecule has 27 heavy (non-hydrogen) atoms. The first-order chi connectivity index (χ1) is 13.3. The second-order valence-electron chi connectivity index (χ2n) is 5.39. The van der Waals surface area contributed by atoms with Crippen LogP contribution >= 0.6 is 23.1 Å². The Kier molecular flexibility index (Phi) is 5.22. The monoisotopic (exact) mass is 394 g/mol. The summed E-state index contributed by atoms with van der Waals surface area (Å²) in [4.78, 5) is 20.4. The van der Waals surface area contributed by atoms with Crippen LogP contribution in [-0.4, -0.2) is 36.4 Å². The Hall–Kier alpha value is -3.04. The number of nitrogens with one attached hydrogen (secondary N) is 1. The molecule has 7 nitrogen and oxygen atoms in total. The summed E-state index contributed by atoms with van der Waals surface area (Å²) in [6.07, 6.45) is 5.11. The lowest BCUT2D eigenvalue weighted by atomic mass is 10.2. The Labute approximate surface area is 163 Å². The fourth-order valence-corrected chi connectivity index (χ4v) is 3.72. The molecule has 3 heterocycles. The van der Waals surface area contributed by atoms with Crippen molar-refractivity contribution in [2.45, 2.75) is 5.16 Å². The molecule has 0 unspecified atom stereocenters. The first kappa shape index (κ1) is 17.4. The van der Waals surface area contributed by atoms with E-state index in [2.05, 4.69) is 25.5 Å². The third-order valence-corrected chi connectivity index (χ3v) is 5.20. The van der Waals surface area contributed by atoms with Crippen LogP contribution in [0, 0.1) is 0 Å². The molecule has 0 spiro atoms. The van der Waals surface area contributed by atoms with Gasteiger partial charge in [0.05, 0.1) is 5.75 Å². The number of carbonyl (C=O) groups is 1. The molecule has 4 aromatic rings. The molecule has 0 fully saturated rings. The van der Waals surface area contributed by atoms with Gasteiger partial charge in [0.25, 0.3) is 0 Å². The minimum Gasteiger partial charge on any atom is -0.301 e. The number of thiazole rings is 1. The highest BCUT2D eigenvalue weighted by Gasteiger charge is 2.17. The van der Waals surface area contributed by atoms with Crippen LogP contribution < -0.4 is 5.32 Å². The maximum absolute atomic E-state index is 12.2. The third-order valence-electron chi connectivity index (χ3n) is 3.58. The highest BCUT2D eigenvalue weighted by molar-refractivity contribution is 7.99. The Morgan fingerprint density at radius 2 is 2.00 bits per heavy atom. The standard InChI is InChI=1S/C18H14N6OS2/c25-15(21-17-20-9-10-26-17)12-27-18-23-22-16(13-5-4-8-19-11-13)24(18)14-6-2-1-3-7-14/h1-11H,12H2,(H,20,21,25). The molecule has 9 heteroatoms. The van der Waals surface area contributed by atoms with Crippen molar-refractivity contribution in [1.82, 2.24) is 24.7 Å². The normalized spacial score (nSPS) is 10.7. The van der Waals surface area contributed by atoms with Crippen molar-refractivity contribution in [2.24, 2.45) is 0 Å². The molecule has 1 aromatic carbocycles. The van der Waals surface area contributed by atoms with Crippen LogP contribution in [0.2, 0.25) is 0 Å². The van der Waals surface area contributed by atoms with Crippen LogP contribution in [0.3, 0.4) is 0 Å². The van der Waals surface area contributed by atoms with Gasteiger partial charge in [0.2, 0.25) is 5.91 Å². The van der Waals surface area contributed by atoms with E-state index < -0.39 is 0 Å². The van der Waals surface area contributed by atoms with E-state index in [4.69, 9.17) is 0 Å². The lowest BCUT2D eigenvalue weighted by Gasteiger charge is -2.10. The molecule has 134 valence electrons. The van der Waals surface area contributed by atoms with E-state index in [0.29, 0.717) is 16.1 Å². The van der Waals surface area contributed by atoms with Gasteiger partial charge in [0.1, 0.15) is 0 Å². The number of hydrogen-bond acceptors (Lipinski definition) is 7. The Morgan fingerprint density at radius 1 is 1.11 bits per heavy atom. The Balaban J connectivity index is 1.61. The molecule has 0 aliphatic carbocycles. The highest BCUT2D eigenvalue weighted by Crippen LogP contribution is 2.27. The maximum atomic E-state index is 12.2. The van der Waals surface area contributed by atoms with E-state index in [9.17, 15) is 4.79 Å². The first-order valence-electron chi connectivity index (χ1n) is 8.04. The summed E-state index contributed by atoms with van der Waals surface area (Å²) in [5.74, 6) is 0.745. The number of thioether (sulfide) groups is 1. The van der Waals surface area contributed by atoms with Crippen LogP contribution in [0.1, 0.15) is 0 Å². The van der Waals surface area contributed by atoms with Crippen LogP contribution in [-0.2, 0) is 4.79 Å². The number of para-hydroxylation sites is 1. The second-order valence-corrected chi connectivity index (χ2v) is 7.23. The van der Waals surface area contributed by atoms with Crippen molar-refractivity contribution >= 4 is 34.1 Å².